The van der Waals surface area contributed by atoms with Gasteiger partial charge in [0, 0.05) is 58.3 Å². The Balaban J connectivity index is 0.00000341. The number of amides is 1. The van der Waals surface area contributed by atoms with Gasteiger partial charge in [-0.1, -0.05) is 30.3 Å². The molecule has 1 unspecified atom stereocenters. The van der Waals surface area contributed by atoms with Crippen molar-refractivity contribution >= 4 is 35.8 Å². The average Bonchev–Trinajstić information content (AvgIpc) is 2.80. The molecule has 0 aromatic heterocycles. The SMILES string of the molecule is CN=C(NCC(C)N(C)Cc1ccccc1)N1CCC(C(=O)N2CCOCC2)CC1.I. The largest absolute Gasteiger partial charge is 0.378 e. The number of nitrogens with one attached hydrogen (secondary N) is 1. The van der Waals surface area contributed by atoms with E-state index in [1.807, 2.05) is 11.9 Å². The van der Waals surface area contributed by atoms with E-state index in [1.165, 1.54) is 5.56 Å². The molecular weight excluding hydrogens is 505 g/mol. The number of hydrogen-bond donors (Lipinski definition) is 1. The van der Waals surface area contributed by atoms with E-state index in [4.69, 9.17) is 4.74 Å². The minimum absolute atomic E-state index is 0. The minimum Gasteiger partial charge on any atom is -0.378 e. The fourth-order valence-corrected chi connectivity index (χ4v) is 4.13. The molecule has 2 aliphatic heterocycles. The van der Waals surface area contributed by atoms with Crippen molar-refractivity contribution in [3.05, 3.63) is 35.9 Å². The molecule has 0 aliphatic carbocycles. The van der Waals surface area contributed by atoms with Gasteiger partial charge in [-0.2, -0.15) is 0 Å². The lowest BCUT2D eigenvalue weighted by Gasteiger charge is -2.37. The summed E-state index contributed by atoms with van der Waals surface area (Å²) in [6, 6.07) is 10.9. The molecule has 174 valence electrons. The number of guanidine groups is 1. The fraction of sp³-hybridized carbons (Fsp3) is 0.652. The molecule has 1 aromatic rings. The molecular formula is C23H38IN5O2. The summed E-state index contributed by atoms with van der Waals surface area (Å²) in [5.74, 6) is 1.37. The third-order valence-corrected chi connectivity index (χ3v) is 6.26. The Bertz CT molecular complexity index is 688. The van der Waals surface area contributed by atoms with Gasteiger partial charge in [0.25, 0.3) is 0 Å². The van der Waals surface area contributed by atoms with E-state index in [0.29, 0.717) is 25.2 Å². The Hall–Kier alpha value is -1.39. The van der Waals surface area contributed by atoms with Gasteiger partial charge in [-0.3, -0.25) is 14.7 Å². The molecule has 1 N–H and O–H groups in total. The smallest absolute Gasteiger partial charge is 0.225 e. The van der Waals surface area contributed by atoms with Gasteiger partial charge in [0.05, 0.1) is 13.2 Å². The maximum atomic E-state index is 12.7. The van der Waals surface area contributed by atoms with Crippen LogP contribution in [0.25, 0.3) is 0 Å². The normalized spacial score (nSPS) is 19.2. The van der Waals surface area contributed by atoms with Crippen molar-refractivity contribution in [2.75, 3.05) is 60.0 Å². The van der Waals surface area contributed by atoms with Gasteiger partial charge in [-0.25, -0.2) is 0 Å². The van der Waals surface area contributed by atoms with Gasteiger partial charge in [0.2, 0.25) is 5.91 Å². The van der Waals surface area contributed by atoms with Crippen LogP contribution >= 0.6 is 24.0 Å². The van der Waals surface area contributed by atoms with Crippen LogP contribution in [0.1, 0.15) is 25.3 Å². The lowest BCUT2D eigenvalue weighted by Crippen LogP contribution is -2.51. The first-order valence-electron chi connectivity index (χ1n) is 11.1. The average molecular weight is 543 g/mol. The van der Waals surface area contributed by atoms with E-state index in [9.17, 15) is 4.79 Å². The molecule has 1 atom stereocenters. The molecule has 7 nitrogen and oxygen atoms in total. The quantitative estimate of drug-likeness (QED) is 0.339. The number of carbonyl (C=O) groups excluding carboxylic acids is 1. The van der Waals surface area contributed by atoms with Crippen LogP contribution in [0, 0.1) is 5.92 Å². The molecule has 31 heavy (non-hydrogen) atoms. The Morgan fingerprint density at radius 2 is 1.81 bits per heavy atom. The summed E-state index contributed by atoms with van der Waals surface area (Å²) in [5.41, 5.74) is 1.32. The lowest BCUT2D eigenvalue weighted by atomic mass is 9.95. The van der Waals surface area contributed by atoms with Crippen molar-refractivity contribution in [2.45, 2.75) is 32.4 Å². The van der Waals surface area contributed by atoms with Crippen LogP contribution < -0.4 is 5.32 Å². The maximum absolute atomic E-state index is 12.7. The predicted octanol–water partition coefficient (Wildman–Crippen LogP) is 2.27. The maximum Gasteiger partial charge on any atom is 0.225 e. The Morgan fingerprint density at radius 3 is 2.42 bits per heavy atom. The van der Waals surface area contributed by atoms with Crippen LogP contribution in [-0.2, 0) is 16.1 Å². The van der Waals surface area contributed by atoms with Crippen LogP contribution in [0.4, 0.5) is 0 Å². The standard InChI is InChI=1S/C23H37N5O2.HI/c1-19(26(3)18-20-7-5-4-6-8-20)17-25-23(24-2)28-11-9-21(10-12-28)22(29)27-13-15-30-16-14-27;/h4-8,19,21H,9-18H2,1-3H3,(H,24,25);1H. The second-order valence-electron chi connectivity index (χ2n) is 8.38. The van der Waals surface area contributed by atoms with E-state index in [1.54, 1.807) is 0 Å². The van der Waals surface area contributed by atoms with E-state index in [-0.39, 0.29) is 29.9 Å². The molecule has 0 bridgehead atoms. The van der Waals surface area contributed by atoms with Gasteiger partial charge in [0.15, 0.2) is 5.96 Å². The molecule has 2 heterocycles. The summed E-state index contributed by atoms with van der Waals surface area (Å²) >= 11 is 0. The monoisotopic (exact) mass is 543 g/mol. The van der Waals surface area contributed by atoms with Crippen molar-refractivity contribution in [2.24, 2.45) is 10.9 Å². The second kappa shape index (κ2) is 13.2. The van der Waals surface area contributed by atoms with Gasteiger partial charge < -0.3 is 19.9 Å². The summed E-state index contributed by atoms with van der Waals surface area (Å²) in [4.78, 5) is 23.8. The topological polar surface area (TPSA) is 60.4 Å². The van der Waals surface area contributed by atoms with E-state index >= 15 is 0 Å². The van der Waals surface area contributed by atoms with Crippen LogP contribution in [0.2, 0.25) is 0 Å². The summed E-state index contributed by atoms with van der Waals surface area (Å²) in [6.07, 6.45) is 1.78. The number of hydrogen-bond acceptors (Lipinski definition) is 4. The minimum atomic E-state index is 0. The predicted molar refractivity (Wildman–Crippen MR) is 136 cm³/mol. The highest BCUT2D eigenvalue weighted by atomic mass is 127. The first-order valence-corrected chi connectivity index (χ1v) is 11.1. The third-order valence-electron chi connectivity index (χ3n) is 6.26. The molecule has 0 spiro atoms. The Labute approximate surface area is 204 Å². The van der Waals surface area contributed by atoms with Gasteiger partial charge in [-0.15, -0.1) is 24.0 Å². The highest BCUT2D eigenvalue weighted by Crippen LogP contribution is 2.20. The van der Waals surface area contributed by atoms with Crippen LogP contribution in [-0.4, -0.2) is 92.6 Å². The number of aliphatic imine (C=N–C) groups is 1. The van der Waals surface area contributed by atoms with Crippen LogP contribution in [0.15, 0.2) is 35.3 Å². The molecule has 0 saturated carbocycles. The zero-order valence-electron chi connectivity index (χ0n) is 19.1. The van der Waals surface area contributed by atoms with Crippen molar-refractivity contribution in [1.29, 1.82) is 0 Å². The number of carbonyl (C=O) groups is 1. The zero-order chi connectivity index (χ0) is 21.3. The second-order valence-corrected chi connectivity index (χ2v) is 8.38. The highest BCUT2D eigenvalue weighted by Gasteiger charge is 2.30. The number of rotatable bonds is 6. The van der Waals surface area contributed by atoms with Crippen molar-refractivity contribution < 1.29 is 9.53 Å². The van der Waals surface area contributed by atoms with E-state index in [2.05, 4.69) is 64.4 Å². The van der Waals surface area contributed by atoms with Gasteiger partial charge in [0.1, 0.15) is 0 Å². The molecule has 3 rings (SSSR count). The first-order chi connectivity index (χ1) is 14.6. The number of morpholine rings is 1. The Morgan fingerprint density at radius 1 is 1.16 bits per heavy atom. The molecule has 2 fully saturated rings. The number of benzene rings is 1. The molecule has 2 saturated heterocycles. The van der Waals surface area contributed by atoms with Crippen molar-refractivity contribution in [1.82, 2.24) is 20.0 Å². The number of likely N-dealkylation sites (tertiary alicyclic amines) is 1. The third kappa shape index (κ3) is 7.61. The van der Waals surface area contributed by atoms with Crippen molar-refractivity contribution in [3.63, 3.8) is 0 Å². The summed E-state index contributed by atoms with van der Waals surface area (Å²) < 4.78 is 5.37. The van der Waals surface area contributed by atoms with E-state index in [0.717, 1.165) is 58.1 Å². The van der Waals surface area contributed by atoms with Gasteiger partial charge >= 0.3 is 0 Å². The summed E-state index contributed by atoms with van der Waals surface area (Å²) in [5, 5.41) is 3.54. The Kier molecular flexibility index (Phi) is 11.0. The molecule has 8 heteroatoms. The van der Waals surface area contributed by atoms with Gasteiger partial charge in [-0.05, 0) is 32.4 Å². The summed E-state index contributed by atoms with van der Waals surface area (Å²) in [7, 11) is 4.00. The summed E-state index contributed by atoms with van der Waals surface area (Å²) in [6.45, 7) is 8.53. The number of likely N-dealkylation sites (N-methyl/N-ethyl adjacent to an activating group) is 1. The number of ether oxygens (including phenoxy) is 1. The number of nitrogens with zero attached hydrogens (tertiary/aromatic N) is 4. The molecule has 0 radical (unpaired) electrons. The van der Waals surface area contributed by atoms with Crippen LogP contribution in [0.5, 0.6) is 0 Å². The highest BCUT2D eigenvalue weighted by molar-refractivity contribution is 14.0. The number of piperidine rings is 1. The molecule has 1 aromatic carbocycles. The van der Waals surface area contributed by atoms with Crippen LogP contribution in [0.3, 0.4) is 0 Å². The zero-order valence-corrected chi connectivity index (χ0v) is 21.5. The molecule has 2 aliphatic rings. The fourth-order valence-electron chi connectivity index (χ4n) is 4.13. The van der Waals surface area contributed by atoms with Crippen molar-refractivity contribution in [3.8, 4) is 0 Å². The molecule has 1 amide bonds. The number of halogens is 1. The lowest BCUT2D eigenvalue weighted by molar-refractivity contribution is -0.140. The first kappa shape index (κ1) is 25.9. The van der Waals surface area contributed by atoms with E-state index < -0.39 is 0 Å².